The lowest BCUT2D eigenvalue weighted by atomic mass is 10.1. The molecule has 8 nitrogen and oxygen atoms in total. The van der Waals surface area contributed by atoms with E-state index in [4.69, 9.17) is 9.47 Å². The Labute approximate surface area is 165 Å². The van der Waals surface area contributed by atoms with Gasteiger partial charge in [0.15, 0.2) is 6.61 Å². The highest BCUT2D eigenvalue weighted by Gasteiger charge is 2.33. The maximum absolute atomic E-state index is 12.4. The van der Waals surface area contributed by atoms with Crippen LogP contribution in [-0.4, -0.2) is 69.4 Å². The van der Waals surface area contributed by atoms with Crippen LogP contribution in [0.5, 0.6) is 0 Å². The Morgan fingerprint density at radius 3 is 2.43 bits per heavy atom. The number of rotatable bonds is 4. The maximum atomic E-state index is 12.4. The van der Waals surface area contributed by atoms with Crippen molar-refractivity contribution in [3.8, 4) is 0 Å². The summed E-state index contributed by atoms with van der Waals surface area (Å²) in [6, 6.07) is 4.58. The molecule has 1 amide bonds. The summed E-state index contributed by atoms with van der Waals surface area (Å²) in [5.74, 6) is -0.857. The molecule has 0 unspecified atom stereocenters. The van der Waals surface area contributed by atoms with E-state index in [0.717, 1.165) is 5.56 Å². The van der Waals surface area contributed by atoms with Gasteiger partial charge in [0.25, 0.3) is 5.91 Å². The first-order valence-corrected chi connectivity index (χ1v) is 11.1. The number of amides is 1. The smallest absolute Gasteiger partial charge is 0.338 e. The second kappa shape index (κ2) is 7.71. The van der Waals surface area contributed by atoms with Crippen molar-refractivity contribution in [1.82, 2.24) is 4.90 Å². The molecule has 1 saturated heterocycles. The van der Waals surface area contributed by atoms with Crippen molar-refractivity contribution < 1.29 is 27.5 Å². The van der Waals surface area contributed by atoms with E-state index in [1.165, 1.54) is 16.6 Å². The first-order valence-electron chi connectivity index (χ1n) is 9.29. The van der Waals surface area contributed by atoms with Crippen LogP contribution in [0.1, 0.15) is 36.7 Å². The van der Waals surface area contributed by atoms with E-state index in [2.05, 4.69) is 0 Å². The minimum atomic E-state index is -3.38. The lowest BCUT2D eigenvalue weighted by molar-refractivity contribution is -0.146. The van der Waals surface area contributed by atoms with Gasteiger partial charge in [-0.05, 0) is 51.0 Å². The van der Waals surface area contributed by atoms with E-state index >= 15 is 0 Å². The van der Waals surface area contributed by atoms with Gasteiger partial charge in [0.05, 0.1) is 29.7 Å². The lowest BCUT2D eigenvalue weighted by Gasteiger charge is -2.35. The molecule has 0 saturated carbocycles. The fourth-order valence-electron chi connectivity index (χ4n) is 3.92. The highest BCUT2D eigenvalue weighted by molar-refractivity contribution is 7.92. The van der Waals surface area contributed by atoms with Crippen molar-refractivity contribution in [1.29, 1.82) is 0 Å². The predicted octanol–water partition coefficient (Wildman–Crippen LogP) is 1.19. The first-order chi connectivity index (χ1) is 13.1. The van der Waals surface area contributed by atoms with Gasteiger partial charge in [-0.3, -0.25) is 9.10 Å². The number of hydrogen-bond donors (Lipinski definition) is 0. The van der Waals surface area contributed by atoms with Crippen LogP contribution in [-0.2, 0) is 30.7 Å². The van der Waals surface area contributed by atoms with Crippen LogP contribution in [0.2, 0.25) is 0 Å². The van der Waals surface area contributed by atoms with Gasteiger partial charge in [-0.25, -0.2) is 13.2 Å². The molecule has 0 bridgehead atoms. The zero-order valence-corrected chi connectivity index (χ0v) is 17.4. The van der Waals surface area contributed by atoms with Crippen molar-refractivity contribution in [2.45, 2.75) is 45.4 Å². The summed E-state index contributed by atoms with van der Waals surface area (Å²) in [7, 11) is -3.38. The fourth-order valence-corrected chi connectivity index (χ4v) is 5.18. The monoisotopic (exact) mass is 410 g/mol. The molecule has 0 N–H and O–H groups in total. The summed E-state index contributed by atoms with van der Waals surface area (Å²) in [5, 5.41) is 0. The summed E-state index contributed by atoms with van der Waals surface area (Å²) in [4.78, 5) is 26.3. The molecule has 9 heteroatoms. The highest BCUT2D eigenvalue weighted by Crippen LogP contribution is 2.34. The van der Waals surface area contributed by atoms with Gasteiger partial charge in [0.2, 0.25) is 10.0 Å². The quantitative estimate of drug-likeness (QED) is 0.693. The van der Waals surface area contributed by atoms with Crippen LogP contribution < -0.4 is 4.31 Å². The van der Waals surface area contributed by atoms with Gasteiger partial charge in [0, 0.05) is 19.1 Å². The Bertz CT molecular complexity index is 874. The third kappa shape index (κ3) is 4.30. The molecule has 0 aromatic heterocycles. The van der Waals surface area contributed by atoms with Crippen LogP contribution in [0.25, 0.3) is 0 Å². The molecule has 0 spiro atoms. The van der Waals surface area contributed by atoms with Crippen molar-refractivity contribution in [2.24, 2.45) is 0 Å². The number of anilines is 1. The minimum Gasteiger partial charge on any atom is -0.452 e. The fraction of sp³-hybridized carbons (Fsp3) is 0.579. The van der Waals surface area contributed by atoms with E-state index in [1.807, 2.05) is 20.8 Å². The standard InChI is InChI=1S/C19H26N2O6S/c1-12-7-16-8-15(5-6-17(16)21(12)28(4,24)25)19(23)26-11-18(22)20-9-13(2)27-14(3)10-20/h5-6,8,12-14H,7,9-11H2,1-4H3/t12-,13-,14+/m1/s1. The molecular weight excluding hydrogens is 384 g/mol. The number of nitrogens with zero attached hydrogens (tertiary/aromatic N) is 2. The number of morpholine rings is 1. The number of carbonyl (C=O) groups excluding carboxylic acids is 2. The van der Waals surface area contributed by atoms with E-state index < -0.39 is 16.0 Å². The summed E-state index contributed by atoms with van der Waals surface area (Å²) in [6.45, 7) is 6.22. The molecule has 1 aromatic rings. The number of fused-ring (bicyclic) bond motifs is 1. The van der Waals surface area contributed by atoms with Crippen LogP contribution in [0.15, 0.2) is 18.2 Å². The van der Waals surface area contributed by atoms with Crippen molar-refractivity contribution in [3.05, 3.63) is 29.3 Å². The van der Waals surface area contributed by atoms with E-state index in [9.17, 15) is 18.0 Å². The molecule has 28 heavy (non-hydrogen) atoms. The zero-order chi connectivity index (χ0) is 20.6. The average molecular weight is 410 g/mol. The van der Waals surface area contributed by atoms with Crippen LogP contribution >= 0.6 is 0 Å². The van der Waals surface area contributed by atoms with Gasteiger partial charge in [-0.1, -0.05) is 0 Å². The third-order valence-corrected chi connectivity index (χ3v) is 6.20. The summed E-state index contributed by atoms with van der Waals surface area (Å²) in [5.41, 5.74) is 1.66. The number of ether oxygens (including phenoxy) is 2. The van der Waals surface area contributed by atoms with Crippen molar-refractivity contribution in [2.75, 3.05) is 30.3 Å². The Balaban J connectivity index is 1.65. The van der Waals surface area contributed by atoms with Gasteiger partial charge in [0.1, 0.15) is 0 Å². The van der Waals surface area contributed by atoms with Crippen molar-refractivity contribution in [3.63, 3.8) is 0 Å². The van der Waals surface area contributed by atoms with Crippen LogP contribution in [0.4, 0.5) is 5.69 Å². The Kier molecular flexibility index (Phi) is 5.67. The number of carbonyl (C=O) groups is 2. The molecule has 2 heterocycles. The number of esters is 1. The molecule has 0 radical (unpaired) electrons. The molecular formula is C19H26N2O6S. The van der Waals surface area contributed by atoms with Crippen molar-refractivity contribution >= 4 is 27.6 Å². The van der Waals surface area contributed by atoms with Gasteiger partial charge in [-0.15, -0.1) is 0 Å². The summed E-state index contributed by atoms with van der Waals surface area (Å²) >= 11 is 0. The summed E-state index contributed by atoms with van der Waals surface area (Å²) in [6.07, 6.45) is 1.57. The summed E-state index contributed by atoms with van der Waals surface area (Å²) < 4.78 is 36.1. The van der Waals surface area contributed by atoms with E-state index in [1.54, 1.807) is 17.0 Å². The second-order valence-electron chi connectivity index (χ2n) is 7.59. The maximum Gasteiger partial charge on any atom is 0.338 e. The second-order valence-corrected chi connectivity index (χ2v) is 9.45. The highest BCUT2D eigenvalue weighted by atomic mass is 32.2. The molecule has 154 valence electrons. The molecule has 1 fully saturated rings. The third-order valence-electron chi connectivity index (χ3n) is 4.92. The topological polar surface area (TPSA) is 93.2 Å². The molecule has 2 aliphatic heterocycles. The molecule has 3 atom stereocenters. The van der Waals surface area contributed by atoms with Gasteiger partial charge >= 0.3 is 5.97 Å². The largest absolute Gasteiger partial charge is 0.452 e. The SMILES string of the molecule is C[C@@H]1CN(C(=O)COC(=O)c2ccc3c(c2)C[C@@H](C)N3S(C)(=O)=O)C[C@H](C)O1. The number of hydrogen-bond acceptors (Lipinski definition) is 6. The minimum absolute atomic E-state index is 0.0557. The normalized spacial score (nSPS) is 24.8. The van der Waals surface area contributed by atoms with E-state index in [-0.39, 0.29) is 30.8 Å². The Morgan fingerprint density at radius 2 is 1.82 bits per heavy atom. The number of benzene rings is 1. The molecule has 3 rings (SSSR count). The van der Waals surface area contributed by atoms with Crippen LogP contribution in [0.3, 0.4) is 0 Å². The van der Waals surface area contributed by atoms with Gasteiger partial charge in [-0.2, -0.15) is 0 Å². The Morgan fingerprint density at radius 1 is 1.18 bits per heavy atom. The molecule has 1 aromatic carbocycles. The van der Waals surface area contributed by atoms with E-state index in [0.29, 0.717) is 30.8 Å². The Hall–Kier alpha value is -2.13. The molecule has 2 aliphatic rings. The lowest BCUT2D eigenvalue weighted by Crippen LogP contribution is -2.49. The van der Waals surface area contributed by atoms with Crippen LogP contribution in [0, 0.1) is 0 Å². The molecule has 0 aliphatic carbocycles. The van der Waals surface area contributed by atoms with Gasteiger partial charge < -0.3 is 14.4 Å². The zero-order valence-electron chi connectivity index (χ0n) is 16.5. The predicted molar refractivity (Wildman–Crippen MR) is 104 cm³/mol. The number of sulfonamides is 1. The average Bonchev–Trinajstić information content (AvgIpc) is 2.93. The first kappa shape index (κ1) is 20.6.